The Balaban J connectivity index is 2.54. The number of rotatable bonds is 5. The minimum absolute atomic E-state index is 0.269. The lowest BCUT2D eigenvalue weighted by Crippen LogP contribution is -2.41. The highest BCUT2D eigenvalue weighted by molar-refractivity contribution is 7.92. The van der Waals surface area contributed by atoms with Crippen LogP contribution in [0.5, 0.6) is 0 Å². The number of hydrogen-bond donors (Lipinski definition) is 1. The second kappa shape index (κ2) is 7.23. The molecular formula is C15H32N2O2S. The van der Waals surface area contributed by atoms with Crippen LogP contribution in [0, 0.1) is 5.92 Å². The third-order valence-corrected chi connectivity index (χ3v) is 6.51. The normalized spacial score (nSPS) is 23.0. The van der Waals surface area contributed by atoms with E-state index >= 15 is 0 Å². The van der Waals surface area contributed by atoms with Gasteiger partial charge in [-0.3, -0.25) is 0 Å². The number of nitrogens with one attached hydrogen (secondary N) is 1. The summed E-state index contributed by atoms with van der Waals surface area (Å²) in [7, 11) is -3.01. The SMILES string of the molecule is CC(C)CC1CN(CCS(=O)(=O)C(C)(C)C)CCCN1. The molecule has 0 amide bonds. The molecule has 0 spiro atoms. The lowest BCUT2D eigenvalue weighted by atomic mass is 10.0. The third kappa shape index (κ3) is 5.70. The topological polar surface area (TPSA) is 49.4 Å². The minimum Gasteiger partial charge on any atom is -0.313 e. The van der Waals surface area contributed by atoms with Gasteiger partial charge in [-0.25, -0.2) is 8.42 Å². The zero-order chi connectivity index (χ0) is 15.4. The van der Waals surface area contributed by atoms with Crippen molar-refractivity contribution in [2.75, 3.05) is 31.9 Å². The van der Waals surface area contributed by atoms with Gasteiger partial charge in [0.1, 0.15) is 0 Å². The fourth-order valence-corrected chi connectivity index (χ4v) is 3.67. The van der Waals surface area contributed by atoms with E-state index in [9.17, 15) is 8.42 Å². The van der Waals surface area contributed by atoms with Gasteiger partial charge in [0.05, 0.1) is 10.5 Å². The second-order valence-electron chi connectivity index (χ2n) is 7.37. The van der Waals surface area contributed by atoms with E-state index in [2.05, 4.69) is 24.1 Å². The first-order chi connectivity index (χ1) is 9.12. The average Bonchev–Trinajstić information content (AvgIpc) is 2.49. The fraction of sp³-hybridized carbons (Fsp3) is 1.00. The van der Waals surface area contributed by atoms with Crippen molar-refractivity contribution in [3.8, 4) is 0 Å². The minimum atomic E-state index is -3.01. The molecule has 1 atom stereocenters. The van der Waals surface area contributed by atoms with Crippen molar-refractivity contribution in [2.24, 2.45) is 5.92 Å². The first-order valence-electron chi connectivity index (χ1n) is 7.80. The van der Waals surface area contributed by atoms with Crippen molar-refractivity contribution in [3.63, 3.8) is 0 Å². The monoisotopic (exact) mass is 304 g/mol. The van der Waals surface area contributed by atoms with Gasteiger partial charge < -0.3 is 10.2 Å². The van der Waals surface area contributed by atoms with Gasteiger partial charge in [-0.05, 0) is 52.6 Å². The molecule has 20 heavy (non-hydrogen) atoms. The summed E-state index contributed by atoms with van der Waals surface area (Å²) in [6.45, 7) is 13.5. The smallest absolute Gasteiger partial charge is 0.156 e. The first-order valence-corrected chi connectivity index (χ1v) is 9.45. The molecule has 0 aromatic heterocycles. The summed E-state index contributed by atoms with van der Waals surface area (Å²) in [5, 5.41) is 3.58. The molecule has 4 nitrogen and oxygen atoms in total. The Labute approximate surface area is 125 Å². The maximum atomic E-state index is 12.2. The lowest BCUT2D eigenvalue weighted by Gasteiger charge is -2.27. The van der Waals surface area contributed by atoms with Crippen LogP contribution in [0.25, 0.3) is 0 Å². The van der Waals surface area contributed by atoms with E-state index in [-0.39, 0.29) is 5.75 Å². The molecular weight excluding hydrogens is 272 g/mol. The van der Waals surface area contributed by atoms with Gasteiger partial charge in [-0.15, -0.1) is 0 Å². The van der Waals surface area contributed by atoms with E-state index in [1.54, 1.807) is 20.8 Å². The summed E-state index contributed by atoms with van der Waals surface area (Å²) < 4.78 is 23.8. The first kappa shape index (κ1) is 17.9. The van der Waals surface area contributed by atoms with E-state index in [0.717, 1.165) is 32.5 Å². The quantitative estimate of drug-likeness (QED) is 0.843. The third-order valence-electron chi connectivity index (χ3n) is 3.93. The molecule has 1 fully saturated rings. The molecule has 0 saturated carbocycles. The fourth-order valence-electron chi connectivity index (χ4n) is 2.56. The summed E-state index contributed by atoms with van der Waals surface area (Å²) in [5.74, 6) is 0.941. The second-order valence-corrected chi connectivity index (χ2v) is 10.2. The molecule has 1 aliphatic rings. The highest BCUT2D eigenvalue weighted by atomic mass is 32.2. The molecule has 0 radical (unpaired) electrons. The summed E-state index contributed by atoms with van der Waals surface area (Å²) in [6.07, 6.45) is 2.26. The van der Waals surface area contributed by atoms with Crippen molar-refractivity contribution < 1.29 is 8.42 Å². The average molecular weight is 305 g/mol. The molecule has 0 aromatic carbocycles. The van der Waals surface area contributed by atoms with Gasteiger partial charge in [-0.2, -0.15) is 0 Å². The summed E-state index contributed by atoms with van der Waals surface area (Å²) >= 11 is 0. The maximum Gasteiger partial charge on any atom is 0.156 e. The highest BCUT2D eigenvalue weighted by Gasteiger charge is 2.29. The summed E-state index contributed by atoms with van der Waals surface area (Å²) in [6, 6.07) is 0.495. The van der Waals surface area contributed by atoms with Crippen molar-refractivity contribution in [1.29, 1.82) is 0 Å². The van der Waals surface area contributed by atoms with Crippen LogP contribution in [0.2, 0.25) is 0 Å². The van der Waals surface area contributed by atoms with Gasteiger partial charge >= 0.3 is 0 Å². The molecule has 120 valence electrons. The van der Waals surface area contributed by atoms with Gasteiger partial charge in [0.15, 0.2) is 9.84 Å². The number of nitrogens with zero attached hydrogens (tertiary/aromatic N) is 1. The molecule has 0 aliphatic carbocycles. The Kier molecular flexibility index (Phi) is 6.48. The predicted molar refractivity (Wildman–Crippen MR) is 85.8 cm³/mol. The van der Waals surface area contributed by atoms with Crippen molar-refractivity contribution in [3.05, 3.63) is 0 Å². The van der Waals surface area contributed by atoms with E-state index in [0.29, 0.717) is 18.5 Å². The van der Waals surface area contributed by atoms with Gasteiger partial charge in [0.25, 0.3) is 0 Å². The van der Waals surface area contributed by atoms with Crippen molar-refractivity contribution in [1.82, 2.24) is 10.2 Å². The maximum absolute atomic E-state index is 12.2. The van der Waals surface area contributed by atoms with E-state index in [4.69, 9.17) is 0 Å². The predicted octanol–water partition coefficient (Wildman–Crippen LogP) is 1.91. The Bertz CT molecular complexity index is 385. The molecule has 5 heteroatoms. The van der Waals surface area contributed by atoms with Crippen molar-refractivity contribution >= 4 is 9.84 Å². The zero-order valence-electron chi connectivity index (χ0n) is 13.8. The van der Waals surface area contributed by atoms with Crippen LogP contribution in [0.15, 0.2) is 0 Å². The van der Waals surface area contributed by atoms with Crippen LogP contribution < -0.4 is 5.32 Å². The van der Waals surface area contributed by atoms with Gasteiger partial charge in [-0.1, -0.05) is 13.8 Å². The van der Waals surface area contributed by atoms with Crippen LogP contribution in [0.1, 0.15) is 47.5 Å². The van der Waals surface area contributed by atoms with Crippen LogP contribution in [-0.4, -0.2) is 56.0 Å². The Morgan fingerprint density at radius 3 is 2.50 bits per heavy atom. The van der Waals surface area contributed by atoms with Crippen LogP contribution in [0.3, 0.4) is 0 Å². The van der Waals surface area contributed by atoms with Crippen LogP contribution in [0.4, 0.5) is 0 Å². The summed E-state index contributed by atoms with van der Waals surface area (Å²) in [4.78, 5) is 2.32. The lowest BCUT2D eigenvalue weighted by molar-refractivity contribution is 0.267. The Hall–Kier alpha value is -0.130. The molecule has 0 aromatic rings. The molecule has 1 aliphatic heterocycles. The highest BCUT2D eigenvalue weighted by Crippen LogP contribution is 2.17. The molecule has 1 heterocycles. The molecule has 1 rings (SSSR count). The summed E-state index contributed by atoms with van der Waals surface area (Å²) in [5.41, 5.74) is 0. The number of sulfone groups is 1. The molecule has 0 bridgehead atoms. The largest absolute Gasteiger partial charge is 0.313 e. The number of hydrogen-bond acceptors (Lipinski definition) is 4. The molecule has 1 unspecified atom stereocenters. The Morgan fingerprint density at radius 1 is 1.30 bits per heavy atom. The standard InChI is InChI=1S/C15H32N2O2S/c1-13(2)11-14-12-17(8-6-7-16-14)9-10-20(18,19)15(3,4)5/h13-14,16H,6-12H2,1-5H3. The van der Waals surface area contributed by atoms with Crippen LogP contribution in [-0.2, 0) is 9.84 Å². The Morgan fingerprint density at radius 2 is 1.95 bits per heavy atom. The van der Waals surface area contributed by atoms with Gasteiger partial charge in [0.2, 0.25) is 0 Å². The van der Waals surface area contributed by atoms with E-state index in [1.165, 1.54) is 0 Å². The molecule has 1 N–H and O–H groups in total. The van der Waals surface area contributed by atoms with Crippen LogP contribution >= 0.6 is 0 Å². The zero-order valence-corrected chi connectivity index (χ0v) is 14.6. The molecule has 1 saturated heterocycles. The van der Waals surface area contributed by atoms with Crippen molar-refractivity contribution in [2.45, 2.75) is 58.2 Å². The van der Waals surface area contributed by atoms with Gasteiger partial charge in [0, 0.05) is 19.1 Å². The van der Waals surface area contributed by atoms with E-state index in [1.807, 2.05) is 0 Å². The van der Waals surface area contributed by atoms with E-state index < -0.39 is 14.6 Å².